The second-order valence-electron chi connectivity index (χ2n) is 0.834. The molecule has 0 spiro atoms. The summed E-state index contributed by atoms with van der Waals surface area (Å²) in [5.41, 5.74) is 0. The number of phosphoric ester groups is 1. The van der Waals surface area contributed by atoms with E-state index in [1.54, 1.807) is 0 Å². The lowest BCUT2D eigenvalue weighted by Gasteiger charge is -2.01. The van der Waals surface area contributed by atoms with Gasteiger partial charge in [-0.2, -0.15) is 0 Å². The average molecular weight is 146 g/mol. The molecule has 0 saturated carbocycles. The van der Waals surface area contributed by atoms with Gasteiger partial charge in [0.15, 0.2) is 0 Å². The van der Waals surface area contributed by atoms with Crippen LogP contribution in [0.1, 0.15) is 0 Å². The first kappa shape index (κ1) is 10.9. The Labute approximate surface area is 46.4 Å². The number of hydrogen-bond donors (Lipinski definition) is 1. The summed E-state index contributed by atoms with van der Waals surface area (Å²) in [5.74, 6) is 0. The minimum Gasteiger partial charge on any atom is -0.303 e. The third-order valence-corrected chi connectivity index (χ3v) is 1.38. The van der Waals surface area contributed by atoms with Gasteiger partial charge in [-0.3, -0.25) is 13.8 Å². The van der Waals surface area contributed by atoms with Crippen LogP contribution in [0, 0.1) is 0 Å². The van der Waals surface area contributed by atoms with Crippen LogP contribution in [-0.2, 0) is 13.6 Å². The molecule has 0 rings (SSSR count). The van der Waals surface area contributed by atoms with E-state index in [2.05, 4.69) is 9.05 Å². The maximum absolute atomic E-state index is 10.1. The Morgan fingerprint density at radius 3 is 1.62 bits per heavy atom. The number of phosphoric acid groups is 1. The van der Waals surface area contributed by atoms with Crippen molar-refractivity contribution in [3.05, 3.63) is 0 Å². The van der Waals surface area contributed by atoms with Gasteiger partial charge in [0.2, 0.25) is 0 Å². The van der Waals surface area contributed by atoms with Crippen LogP contribution in [0.4, 0.5) is 4.70 Å². The lowest BCUT2D eigenvalue weighted by molar-refractivity contribution is 0.204. The van der Waals surface area contributed by atoms with E-state index in [0.717, 1.165) is 14.2 Å². The monoisotopic (exact) mass is 146 g/mol. The molecule has 1 N–H and O–H groups in total. The molecule has 0 aliphatic carbocycles. The van der Waals surface area contributed by atoms with E-state index in [1.165, 1.54) is 0 Å². The number of rotatable bonds is 2. The Morgan fingerprint density at radius 1 is 1.38 bits per heavy atom. The van der Waals surface area contributed by atoms with Gasteiger partial charge < -0.3 is 4.89 Å². The Balaban J connectivity index is 0. The van der Waals surface area contributed by atoms with E-state index in [4.69, 9.17) is 4.89 Å². The van der Waals surface area contributed by atoms with Crippen molar-refractivity contribution >= 4 is 7.82 Å². The van der Waals surface area contributed by atoms with E-state index in [0.29, 0.717) is 0 Å². The summed E-state index contributed by atoms with van der Waals surface area (Å²) >= 11 is 0. The maximum Gasteiger partial charge on any atom is 0.471 e. The van der Waals surface area contributed by atoms with Crippen molar-refractivity contribution in [2.45, 2.75) is 0 Å². The molecule has 0 aromatic carbocycles. The van der Waals surface area contributed by atoms with Gasteiger partial charge in [-0.1, -0.05) is 0 Å². The van der Waals surface area contributed by atoms with E-state index in [-0.39, 0.29) is 4.70 Å². The van der Waals surface area contributed by atoms with Crippen LogP contribution in [0.15, 0.2) is 0 Å². The summed E-state index contributed by atoms with van der Waals surface area (Å²) in [6.45, 7) is 0. The quantitative estimate of drug-likeness (QED) is 0.577. The molecule has 0 aliphatic heterocycles. The molecule has 0 heterocycles. The molecular formula is C2H8FO4P. The molecule has 0 aromatic rings. The molecule has 0 amide bonds. The van der Waals surface area contributed by atoms with Crippen LogP contribution >= 0.6 is 7.82 Å². The lowest BCUT2D eigenvalue weighted by Crippen LogP contribution is -1.83. The molecule has 0 unspecified atom stereocenters. The fourth-order valence-electron chi connectivity index (χ4n) is 0.0745. The van der Waals surface area contributed by atoms with Crippen LogP contribution in [-0.4, -0.2) is 19.1 Å². The van der Waals surface area contributed by atoms with Gasteiger partial charge in [-0.25, -0.2) is 4.57 Å². The molecule has 0 saturated heterocycles. The summed E-state index contributed by atoms with van der Waals surface area (Å²) in [6, 6.07) is 0. The Hall–Kier alpha value is 0.0400. The van der Waals surface area contributed by atoms with Crippen molar-refractivity contribution in [1.29, 1.82) is 0 Å². The minimum absolute atomic E-state index is 0. The van der Waals surface area contributed by atoms with E-state index >= 15 is 0 Å². The summed E-state index contributed by atoms with van der Waals surface area (Å²) in [6.07, 6.45) is 0. The van der Waals surface area contributed by atoms with Gasteiger partial charge in [0.1, 0.15) is 0 Å². The van der Waals surface area contributed by atoms with Crippen LogP contribution < -0.4 is 0 Å². The average Bonchev–Trinajstić information content (AvgIpc) is 1.68. The summed E-state index contributed by atoms with van der Waals surface area (Å²) < 4.78 is 18.0. The van der Waals surface area contributed by atoms with Gasteiger partial charge in [-0.15, -0.1) is 0 Å². The molecule has 0 atom stereocenters. The van der Waals surface area contributed by atoms with Crippen molar-refractivity contribution in [2.24, 2.45) is 0 Å². The summed E-state index contributed by atoms with van der Waals surface area (Å²) in [7, 11) is -1.45. The predicted octanol–water partition coefficient (Wildman–Crippen LogP) is 0.532. The van der Waals surface area contributed by atoms with Gasteiger partial charge >= 0.3 is 7.82 Å². The first-order chi connectivity index (χ1) is 3.12. The van der Waals surface area contributed by atoms with Crippen molar-refractivity contribution < 1.29 is 23.2 Å². The zero-order valence-corrected chi connectivity index (χ0v) is 5.42. The van der Waals surface area contributed by atoms with Gasteiger partial charge in [0.05, 0.1) is 0 Å². The molecule has 0 bridgehead atoms. The molecule has 8 heavy (non-hydrogen) atoms. The normalized spacial score (nSPS) is 10.4. The van der Waals surface area contributed by atoms with Crippen molar-refractivity contribution in [3.63, 3.8) is 0 Å². The smallest absolute Gasteiger partial charge is 0.303 e. The summed E-state index contributed by atoms with van der Waals surface area (Å²) in [5, 5.41) is 0. The SMILES string of the molecule is COP(=O)(O)OC.F. The second kappa shape index (κ2) is 3.97. The third kappa shape index (κ3) is 4.21. The topological polar surface area (TPSA) is 55.8 Å². The fourth-order valence-corrected chi connectivity index (χ4v) is 0.224. The Bertz CT molecular complexity index is 86.0. The highest BCUT2D eigenvalue weighted by atomic mass is 31.2. The number of hydrogen-bond acceptors (Lipinski definition) is 3. The second-order valence-corrected chi connectivity index (χ2v) is 2.50. The molecule has 0 fully saturated rings. The molecular weight excluding hydrogens is 138 g/mol. The Kier molecular flexibility index (Phi) is 5.42. The Morgan fingerprint density at radius 2 is 1.62 bits per heavy atom. The standard InChI is InChI=1S/C2H7O4P.FH/c1-5-7(3,4)6-2;/h1-2H3,(H,3,4);1H. The molecule has 6 heteroatoms. The molecule has 52 valence electrons. The van der Waals surface area contributed by atoms with E-state index in [9.17, 15) is 4.57 Å². The zero-order chi connectivity index (χ0) is 5.91. The largest absolute Gasteiger partial charge is 0.471 e. The van der Waals surface area contributed by atoms with E-state index in [1.807, 2.05) is 0 Å². The highest BCUT2D eigenvalue weighted by molar-refractivity contribution is 7.47. The molecule has 0 radical (unpaired) electrons. The minimum atomic E-state index is -3.65. The van der Waals surface area contributed by atoms with Crippen molar-refractivity contribution in [1.82, 2.24) is 0 Å². The zero-order valence-electron chi connectivity index (χ0n) is 4.53. The van der Waals surface area contributed by atoms with E-state index < -0.39 is 7.82 Å². The third-order valence-electron chi connectivity index (χ3n) is 0.461. The molecule has 0 aromatic heterocycles. The predicted molar refractivity (Wildman–Crippen MR) is 26.3 cm³/mol. The molecule has 4 nitrogen and oxygen atoms in total. The van der Waals surface area contributed by atoms with Crippen molar-refractivity contribution in [2.75, 3.05) is 14.2 Å². The fraction of sp³-hybridized carbons (Fsp3) is 1.00. The summed E-state index contributed by atoms with van der Waals surface area (Å²) in [4.78, 5) is 8.24. The lowest BCUT2D eigenvalue weighted by atomic mass is 11.8. The van der Waals surface area contributed by atoms with Crippen LogP contribution in [0.25, 0.3) is 0 Å². The van der Waals surface area contributed by atoms with Crippen LogP contribution in [0.5, 0.6) is 0 Å². The highest BCUT2D eigenvalue weighted by Crippen LogP contribution is 2.40. The highest BCUT2D eigenvalue weighted by Gasteiger charge is 2.13. The van der Waals surface area contributed by atoms with Gasteiger partial charge in [-0.05, 0) is 0 Å². The first-order valence-electron chi connectivity index (χ1n) is 1.56. The van der Waals surface area contributed by atoms with Crippen LogP contribution in [0.3, 0.4) is 0 Å². The van der Waals surface area contributed by atoms with Crippen molar-refractivity contribution in [3.8, 4) is 0 Å². The first-order valence-corrected chi connectivity index (χ1v) is 3.06. The van der Waals surface area contributed by atoms with Gasteiger partial charge in [0.25, 0.3) is 0 Å². The maximum atomic E-state index is 10.1. The molecule has 0 aliphatic rings. The number of halogens is 1. The van der Waals surface area contributed by atoms with Gasteiger partial charge in [0, 0.05) is 14.2 Å². The van der Waals surface area contributed by atoms with Crippen LogP contribution in [0.2, 0.25) is 0 Å².